The minimum Gasteiger partial charge on any atom is -0.492 e. The van der Waals surface area contributed by atoms with Gasteiger partial charge in [-0.3, -0.25) is 9.59 Å². The molecule has 174 valence electrons. The predicted molar refractivity (Wildman–Crippen MR) is 118 cm³/mol. The van der Waals surface area contributed by atoms with Crippen LogP contribution in [-0.2, 0) is 16.0 Å². The van der Waals surface area contributed by atoms with E-state index in [1.165, 1.54) is 25.3 Å². The predicted octanol–water partition coefficient (Wildman–Crippen LogP) is 3.70. The van der Waals surface area contributed by atoms with Gasteiger partial charge >= 0.3 is 5.97 Å². The van der Waals surface area contributed by atoms with Crippen LogP contribution in [0.5, 0.6) is 11.5 Å². The van der Waals surface area contributed by atoms with Crippen molar-refractivity contribution in [2.24, 2.45) is 5.92 Å². The number of carbonyl (C=O) groups is 3. The average molecular weight is 476 g/mol. The monoisotopic (exact) mass is 475 g/mol. The number of carbonyl (C=O) groups excluding carboxylic acids is 3. The van der Waals surface area contributed by atoms with Crippen LogP contribution in [-0.4, -0.2) is 56.0 Å². The lowest BCUT2D eigenvalue weighted by Crippen LogP contribution is -2.40. The second-order valence-electron chi connectivity index (χ2n) is 8.13. The van der Waals surface area contributed by atoms with Gasteiger partial charge in [0.25, 0.3) is 5.91 Å². The Hall–Kier alpha value is -3.13. The highest BCUT2D eigenvalue weighted by atomic mass is 35.5. The van der Waals surface area contributed by atoms with Crippen LogP contribution in [0, 0.1) is 11.7 Å². The summed E-state index contributed by atoms with van der Waals surface area (Å²) in [5, 5.41) is 0.316. The summed E-state index contributed by atoms with van der Waals surface area (Å²) >= 11 is 6.20. The van der Waals surface area contributed by atoms with Gasteiger partial charge in [-0.2, -0.15) is 0 Å². The van der Waals surface area contributed by atoms with Gasteiger partial charge in [0.1, 0.15) is 23.9 Å². The minimum atomic E-state index is -0.649. The summed E-state index contributed by atoms with van der Waals surface area (Å²) in [5.41, 5.74) is 0.834. The van der Waals surface area contributed by atoms with E-state index in [0.717, 1.165) is 0 Å². The molecule has 0 spiro atoms. The molecule has 1 saturated heterocycles. The topological polar surface area (TPSA) is 82.1 Å². The summed E-state index contributed by atoms with van der Waals surface area (Å²) < 4.78 is 30.3. The summed E-state index contributed by atoms with van der Waals surface area (Å²) in [4.78, 5) is 37.7. The maximum Gasteiger partial charge on any atom is 0.337 e. The highest BCUT2D eigenvalue weighted by Gasteiger charge is 2.28. The Morgan fingerprint density at radius 3 is 2.67 bits per heavy atom. The van der Waals surface area contributed by atoms with Crippen LogP contribution in [0.1, 0.15) is 39.1 Å². The number of ketones is 1. The van der Waals surface area contributed by atoms with Gasteiger partial charge in [0.15, 0.2) is 5.78 Å². The van der Waals surface area contributed by atoms with Crippen molar-refractivity contribution in [3.05, 3.63) is 57.9 Å². The number of fused-ring (bicyclic) bond motifs is 1. The lowest BCUT2D eigenvalue weighted by molar-refractivity contribution is -0.121. The largest absolute Gasteiger partial charge is 0.492 e. The van der Waals surface area contributed by atoms with Crippen LogP contribution in [0.3, 0.4) is 0 Å². The average Bonchev–Trinajstić information content (AvgIpc) is 2.82. The highest BCUT2D eigenvalue weighted by molar-refractivity contribution is 6.32. The molecular weight excluding hydrogens is 453 g/mol. The van der Waals surface area contributed by atoms with Crippen molar-refractivity contribution in [3.8, 4) is 11.5 Å². The number of halogens is 2. The number of piperidine rings is 1. The molecule has 7 nitrogen and oxygen atoms in total. The molecule has 2 aromatic carbocycles. The van der Waals surface area contributed by atoms with E-state index in [-0.39, 0.29) is 30.3 Å². The van der Waals surface area contributed by atoms with E-state index >= 15 is 0 Å². The molecule has 0 radical (unpaired) electrons. The minimum absolute atomic E-state index is 0.0424. The molecule has 2 aromatic rings. The van der Waals surface area contributed by atoms with Gasteiger partial charge < -0.3 is 19.1 Å². The number of hydrogen-bond donors (Lipinski definition) is 0. The molecule has 2 heterocycles. The van der Waals surface area contributed by atoms with Gasteiger partial charge in [0.2, 0.25) is 0 Å². The Balaban J connectivity index is 1.33. The zero-order valence-electron chi connectivity index (χ0n) is 18.1. The summed E-state index contributed by atoms with van der Waals surface area (Å²) in [5.74, 6) is -0.639. The van der Waals surface area contributed by atoms with E-state index in [2.05, 4.69) is 4.74 Å². The summed E-state index contributed by atoms with van der Waals surface area (Å²) in [7, 11) is 1.30. The highest BCUT2D eigenvalue weighted by Crippen LogP contribution is 2.30. The van der Waals surface area contributed by atoms with E-state index in [1.54, 1.807) is 17.0 Å². The zero-order valence-corrected chi connectivity index (χ0v) is 18.8. The molecule has 2 aliphatic rings. The molecule has 9 heteroatoms. The Morgan fingerprint density at radius 2 is 1.97 bits per heavy atom. The van der Waals surface area contributed by atoms with Crippen LogP contribution in [0.15, 0.2) is 30.3 Å². The second kappa shape index (κ2) is 9.79. The van der Waals surface area contributed by atoms with Crippen LogP contribution in [0.4, 0.5) is 4.39 Å². The van der Waals surface area contributed by atoms with E-state index in [4.69, 9.17) is 21.1 Å². The smallest absolute Gasteiger partial charge is 0.337 e. The standard InChI is InChI=1S/C24H23ClFNO6/c1-31-24(30)15-2-3-21(19(25)10-15)32-12-14-4-6-27(7-5-14)23(29)18-9-16-8-17(28)13-33-22(16)11-20(18)26/h2-3,9-11,14H,4-8,12-13H2,1H3. The van der Waals surface area contributed by atoms with Crippen molar-refractivity contribution in [2.75, 3.05) is 33.4 Å². The fourth-order valence-corrected chi connectivity index (χ4v) is 4.24. The first kappa shape index (κ1) is 23.0. The maximum absolute atomic E-state index is 14.5. The Kier molecular flexibility index (Phi) is 6.83. The van der Waals surface area contributed by atoms with Crippen LogP contribution >= 0.6 is 11.6 Å². The lowest BCUT2D eigenvalue weighted by atomic mass is 9.96. The molecule has 0 aliphatic carbocycles. The number of benzene rings is 2. The first-order valence-electron chi connectivity index (χ1n) is 10.6. The summed E-state index contributed by atoms with van der Waals surface area (Å²) in [6, 6.07) is 7.32. The normalized spacial score (nSPS) is 16.1. The molecule has 1 fully saturated rings. The Bertz CT molecular complexity index is 1100. The second-order valence-corrected chi connectivity index (χ2v) is 8.53. The molecule has 0 unspecified atom stereocenters. The third-order valence-electron chi connectivity index (χ3n) is 5.89. The molecule has 0 atom stereocenters. The Morgan fingerprint density at radius 1 is 1.21 bits per heavy atom. The van der Waals surface area contributed by atoms with Gasteiger partial charge in [-0.05, 0) is 43.0 Å². The number of nitrogens with zero attached hydrogens (tertiary/aromatic N) is 1. The van der Waals surface area contributed by atoms with Crippen molar-refractivity contribution in [2.45, 2.75) is 19.3 Å². The SMILES string of the molecule is COC(=O)c1ccc(OCC2CCN(C(=O)c3cc4c(cc3F)OCC(=O)C4)CC2)c(Cl)c1. The molecule has 4 rings (SSSR count). The number of Topliss-reactive ketones (excluding diaryl/α,β-unsaturated/α-hetero) is 1. The third kappa shape index (κ3) is 5.11. The molecule has 1 amide bonds. The Labute approximate surface area is 195 Å². The number of esters is 1. The number of rotatable bonds is 5. The van der Waals surface area contributed by atoms with Crippen molar-refractivity contribution >= 4 is 29.3 Å². The molecule has 0 aromatic heterocycles. The van der Waals surface area contributed by atoms with Crippen molar-refractivity contribution in [1.29, 1.82) is 0 Å². The molecular formula is C24H23ClFNO6. The first-order chi connectivity index (χ1) is 15.9. The number of hydrogen-bond acceptors (Lipinski definition) is 6. The maximum atomic E-state index is 14.5. The van der Waals surface area contributed by atoms with E-state index in [0.29, 0.717) is 60.2 Å². The molecule has 2 aliphatic heterocycles. The van der Waals surface area contributed by atoms with E-state index in [1.807, 2.05) is 0 Å². The summed E-state index contributed by atoms with van der Waals surface area (Å²) in [6.45, 7) is 1.27. The molecule has 0 saturated carbocycles. The quantitative estimate of drug-likeness (QED) is 0.613. The molecule has 33 heavy (non-hydrogen) atoms. The van der Waals surface area contributed by atoms with Crippen LogP contribution in [0.2, 0.25) is 5.02 Å². The molecule has 0 bridgehead atoms. The zero-order chi connectivity index (χ0) is 23.5. The fourth-order valence-electron chi connectivity index (χ4n) is 4.00. The van der Waals surface area contributed by atoms with Gasteiger partial charge in [-0.25, -0.2) is 9.18 Å². The van der Waals surface area contributed by atoms with Crippen molar-refractivity contribution in [3.63, 3.8) is 0 Å². The number of ether oxygens (including phenoxy) is 3. The first-order valence-corrected chi connectivity index (χ1v) is 11.0. The van der Waals surface area contributed by atoms with Crippen LogP contribution < -0.4 is 9.47 Å². The van der Waals surface area contributed by atoms with E-state index in [9.17, 15) is 18.8 Å². The number of amides is 1. The van der Waals surface area contributed by atoms with Gasteiger partial charge in [-0.1, -0.05) is 11.6 Å². The number of likely N-dealkylation sites (tertiary alicyclic amines) is 1. The lowest BCUT2D eigenvalue weighted by Gasteiger charge is -2.32. The summed E-state index contributed by atoms with van der Waals surface area (Å²) in [6.07, 6.45) is 1.52. The third-order valence-corrected chi connectivity index (χ3v) is 6.18. The van der Waals surface area contributed by atoms with Crippen molar-refractivity contribution in [1.82, 2.24) is 4.90 Å². The van der Waals surface area contributed by atoms with Gasteiger partial charge in [0, 0.05) is 31.1 Å². The van der Waals surface area contributed by atoms with Gasteiger partial charge in [0.05, 0.1) is 29.9 Å². The van der Waals surface area contributed by atoms with Crippen LogP contribution in [0.25, 0.3) is 0 Å². The van der Waals surface area contributed by atoms with Gasteiger partial charge in [-0.15, -0.1) is 0 Å². The van der Waals surface area contributed by atoms with E-state index < -0.39 is 17.7 Å². The molecule has 0 N–H and O–H groups in total. The number of methoxy groups -OCH3 is 1. The fraction of sp³-hybridized carbons (Fsp3) is 0.375. The van der Waals surface area contributed by atoms with Crippen molar-refractivity contribution < 1.29 is 33.0 Å².